The van der Waals surface area contributed by atoms with Crippen LogP contribution in [-0.4, -0.2) is 37.3 Å². The molecule has 24 heavy (non-hydrogen) atoms. The minimum absolute atomic E-state index is 0.183. The van der Waals surface area contributed by atoms with Gasteiger partial charge in [0.25, 0.3) is 11.8 Å². The first-order valence-electron chi connectivity index (χ1n) is 7.96. The van der Waals surface area contributed by atoms with Gasteiger partial charge in [-0.05, 0) is 30.4 Å². The summed E-state index contributed by atoms with van der Waals surface area (Å²) < 4.78 is 10.6. The molecule has 4 atom stereocenters. The molecule has 3 aliphatic rings. The standard InChI is InChI=1S/C18H18N2O4/c1-23-13-5-3-4-12(16(13)24-2)9-19-20-17(21)14-10-6-7-11(8-10)15(14)18(20)22/h3-7,9-11,14-15H,8H2,1-2H3/b19-9-/t10-,11-,14-,15-/m0/s1. The molecule has 1 saturated carbocycles. The Hall–Kier alpha value is -2.63. The number of carbonyl (C=O) groups is 2. The van der Waals surface area contributed by atoms with E-state index in [-0.39, 0.29) is 35.5 Å². The van der Waals surface area contributed by atoms with Crippen LogP contribution in [0.15, 0.2) is 35.5 Å². The second-order valence-electron chi connectivity index (χ2n) is 6.32. The molecular weight excluding hydrogens is 308 g/mol. The molecule has 0 aromatic heterocycles. The van der Waals surface area contributed by atoms with Gasteiger partial charge in [-0.15, -0.1) is 0 Å². The Morgan fingerprint density at radius 2 is 1.75 bits per heavy atom. The number of fused-ring (bicyclic) bond motifs is 5. The number of rotatable bonds is 4. The number of benzene rings is 1. The molecule has 4 rings (SSSR count). The lowest BCUT2D eigenvalue weighted by molar-refractivity contribution is -0.140. The van der Waals surface area contributed by atoms with Crippen molar-refractivity contribution in [3.8, 4) is 11.5 Å². The molecule has 2 fully saturated rings. The Morgan fingerprint density at radius 1 is 1.08 bits per heavy atom. The van der Waals surface area contributed by atoms with Crippen LogP contribution in [0.25, 0.3) is 0 Å². The van der Waals surface area contributed by atoms with Crippen molar-refractivity contribution < 1.29 is 19.1 Å². The molecule has 6 heteroatoms. The van der Waals surface area contributed by atoms with Crippen LogP contribution in [0.3, 0.4) is 0 Å². The quantitative estimate of drug-likeness (QED) is 0.481. The van der Waals surface area contributed by atoms with E-state index in [9.17, 15) is 9.59 Å². The van der Waals surface area contributed by atoms with Crippen LogP contribution in [0.5, 0.6) is 11.5 Å². The smallest absolute Gasteiger partial charge is 0.254 e. The number of nitrogens with zero attached hydrogens (tertiary/aromatic N) is 2. The average molecular weight is 326 g/mol. The van der Waals surface area contributed by atoms with Crippen molar-refractivity contribution in [2.45, 2.75) is 6.42 Å². The van der Waals surface area contributed by atoms with Crippen LogP contribution >= 0.6 is 0 Å². The highest BCUT2D eigenvalue weighted by Gasteiger charge is 2.59. The third kappa shape index (κ3) is 1.99. The van der Waals surface area contributed by atoms with Gasteiger partial charge in [0, 0.05) is 5.56 Å². The van der Waals surface area contributed by atoms with Crippen LogP contribution in [0.2, 0.25) is 0 Å². The molecule has 0 spiro atoms. The van der Waals surface area contributed by atoms with Crippen molar-refractivity contribution >= 4 is 18.0 Å². The predicted molar refractivity (Wildman–Crippen MR) is 86.7 cm³/mol. The van der Waals surface area contributed by atoms with E-state index in [1.54, 1.807) is 25.3 Å². The summed E-state index contributed by atoms with van der Waals surface area (Å²) in [5.41, 5.74) is 0.649. The van der Waals surface area contributed by atoms with E-state index in [2.05, 4.69) is 17.3 Å². The van der Waals surface area contributed by atoms with Crippen LogP contribution < -0.4 is 9.47 Å². The summed E-state index contributed by atoms with van der Waals surface area (Å²) in [5, 5.41) is 5.19. The lowest BCUT2D eigenvalue weighted by Gasteiger charge is -2.13. The molecule has 1 heterocycles. The molecule has 2 amide bonds. The molecule has 1 aliphatic heterocycles. The molecule has 0 unspecified atom stereocenters. The van der Waals surface area contributed by atoms with Crippen LogP contribution in [0, 0.1) is 23.7 Å². The maximum absolute atomic E-state index is 12.6. The van der Waals surface area contributed by atoms with Gasteiger partial charge in [-0.2, -0.15) is 10.1 Å². The highest BCUT2D eigenvalue weighted by Crippen LogP contribution is 2.52. The first kappa shape index (κ1) is 14.9. The summed E-state index contributed by atoms with van der Waals surface area (Å²) in [7, 11) is 3.09. The highest BCUT2D eigenvalue weighted by molar-refractivity contribution is 6.07. The predicted octanol–water partition coefficient (Wildman–Crippen LogP) is 1.84. The molecule has 1 aromatic rings. The maximum atomic E-state index is 12.6. The van der Waals surface area contributed by atoms with E-state index in [1.807, 2.05) is 0 Å². The number of allylic oxidation sites excluding steroid dienone is 2. The van der Waals surface area contributed by atoms with E-state index in [0.717, 1.165) is 11.4 Å². The normalized spacial score (nSPS) is 30.5. The van der Waals surface area contributed by atoms with Gasteiger partial charge in [0.15, 0.2) is 11.5 Å². The average Bonchev–Trinajstić information content (AvgIpc) is 3.27. The molecule has 1 saturated heterocycles. The van der Waals surface area contributed by atoms with E-state index in [4.69, 9.17) is 9.47 Å². The second kappa shape index (κ2) is 5.47. The maximum Gasteiger partial charge on any atom is 0.254 e. The Kier molecular flexibility index (Phi) is 3.40. The van der Waals surface area contributed by atoms with Crippen LogP contribution in [0.1, 0.15) is 12.0 Å². The number of hydrogen-bond acceptors (Lipinski definition) is 5. The molecule has 0 radical (unpaired) electrons. The van der Waals surface area contributed by atoms with E-state index < -0.39 is 0 Å². The number of imide groups is 1. The summed E-state index contributed by atoms with van der Waals surface area (Å²) in [6.45, 7) is 0. The second-order valence-corrected chi connectivity index (χ2v) is 6.32. The number of amides is 2. The fraction of sp³-hybridized carbons (Fsp3) is 0.389. The first-order valence-corrected chi connectivity index (χ1v) is 7.96. The topological polar surface area (TPSA) is 68.2 Å². The van der Waals surface area contributed by atoms with Gasteiger partial charge in [-0.25, -0.2) is 0 Å². The van der Waals surface area contributed by atoms with Gasteiger partial charge in [0.2, 0.25) is 0 Å². The fourth-order valence-corrected chi connectivity index (χ4v) is 4.13. The minimum atomic E-state index is -0.239. The van der Waals surface area contributed by atoms with Gasteiger partial charge >= 0.3 is 0 Å². The Labute approximate surface area is 139 Å². The number of carbonyl (C=O) groups excluding carboxylic acids is 2. The third-order valence-electron chi connectivity index (χ3n) is 5.19. The first-order chi connectivity index (χ1) is 11.7. The number of hydrogen-bond donors (Lipinski definition) is 0. The monoisotopic (exact) mass is 326 g/mol. The number of ether oxygens (including phenoxy) is 2. The molecule has 124 valence electrons. The molecule has 1 aromatic carbocycles. The molecule has 0 N–H and O–H groups in total. The molecular formula is C18H18N2O4. The minimum Gasteiger partial charge on any atom is -0.493 e. The summed E-state index contributed by atoms with van der Waals surface area (Å²) in [4.78, 5) is 25.2. The molecule has 2 aliphatic carbocycles. The zero-order chi connectivity index (χ0) is 16.8. The third-order valence-corrected chi connectivity index (χ3v) is 5.19. The largest absolute Gasteiger partial charge is 0.493 e. The van der Waals surface area contributed by atoms with E-state index in [1.165, 1.54) is 13.3 Å². The van der Waals surface area contributed by atoms with Crippen molar-refractivity contribution in [3.63, 3.8) is 0 Å². The van der Waals surface area contributed by atoms with Gasteiger partial charge in [-0.1, -0.05) is 18.2 Å². The van der Waals surface area contributed by atoms with Crippen LogP contribution in [0.4, 0.5) is 0 Å². The van der Waals surface area contributed by atoms with E-state index in [0.29, 0.717) is 17.1 Å². The lowest BCUT2D eigenvalue weighted by Crippen LogP contribution is -2.28. The summed E-state index contributed by atoms with van der Waals surface area (Å²) in [6.07, 6.45) is 6.52. The van der Waals surface area contributed by atoms with Crippen molar-refractivity contribution in [2.75, 3.05) is 14.2 Å². The van der Waals surface area contributed by atoms with Gasteiger partial charge < -0.3 is 9.47 Å². The van der Waals surface area contributed by atoms with Crippen LogP contribution in [-0.2, 0) is 9.59 Å². The summed E-state index contributed by atoms with van der Waals surface area (Å²) in [5.74, 6) is 0.587. The Bertz CT molecular complexity index is 740. The zero-order valence-electron chi connectivity index (χ0n) is 13.5. The summed E-state index contributed by atoms with van der Waals surface area (Å²) >= 11 is 0. The van der Waals surface area contributed by atoms with Crippen molar-refractivity contribution in [3.05, 3.63) is 35.9 Å². The van der Waals surface area contributed by atoms with Gasteiger partial charge in [-0.3, -0.25) is 9.59 Å². The van der Waals surface area contributed by atoms with Crippen molar-refractivity contribution in [1.82, 2.24) is 5.01 Å². The van der Waals surface area contributed by atoms with Gasteiger partial charge in [0.05, 0.1) is 32.3 Å². The van der Waals surface area contributed by atoms with Gasteiger partial charge in [0.1, 0.15) is 0 Å². The Morgan fingerprint density at radius 3 is 2.33 bits per heavy atom. The SMILES string of the molecule is COc1cccc(/C=N\N2C(=O)[C@@H]3[C@@H](C2=O)[C@H]2C=C[C@H]3C2)c1OC. The number of methoxy groups -OCH3 is 2. The number of hydrazone groups is 1. The van der Waals surface area contributed by atoms with Crippen molar-refractivity contribution in [2.24, 2.45) is 28.8 Å². The Balaban J connectivity index is 1.62. The molecule has 2 bridgehead atoms. The zero-order valence-corrected chi connectivity index (χ0v) is 13.5. The highest BCUT2D eigenvalue weighted by atomic mass is 16.5. The van der Waals surface area contributed by atoms with Crippen molar-refractivity contribution in [1.29, 1.82) is 0 Å². The number of para-hydroxylation sites is 1. The molecule has 6 nitrogen and oxygen atoms in total. The summed E-state index contributed by atoms with van der Waals surface area (Å²) in [6, 6.07) is 5.37. The van der Waals surface area contributed by atoms with E-state index >= 15 is 0 Å². The fourth-order valence-electron chi connectivity index (χ4n) is 4.13. The lowest BCUT2D eigenvalue weighted by atomic mass is 9.85.